The van der Waals surface area contributed by atoms with Crippen LogP contribution in [0.15, 0.2) is 48.6 Å². The summed E-state index contributed by atoms with van der Waals surface area (Å²) in [5.74, 6) is -0.605. The zero-order valence-electron chi connectivity index (χ0n) is 36.9. The molecule has 328 valence electrons. The number of carbonyl (C=O) groups excluding carboxylic acids is 1. The van der Waals surface area contributed by atoms with Gasteiger partial charge in [-0.25, -0.2) is 0 Å². The van der Waals surface area contributed by atoms with Gasteiger partial charge in [-0.3, -0.25) is 4.79 Å². The predicted octanol–water partition coefficient (Wildman–Crippen LogP) is 13.1. The molecule has 0 spiro atoms. The molecule has 0 aliphatic carbocycles. The lowest BCUT2D eigenvalue weighted by Crippen LogP contribution is -2.53. The second kappa shape index (κ2) is 44.4. The molecule has 4 atom stereocenters. The quantitative estimate of drug-likeness (QED) is 0.0312. The molecular weight excluding hydrogens is 695 g/mol. The summed E-state index contributed by atoms with van der Waals surface area (Å²) in [6, 6.07) is -1.01. The van der Waals surface area contributed by atoms with Gasteiger partial charge in [0.1, 0.15) is 12.2 Å². The topological polar surface area (TPSA) is 110 Å². The fourth-order valence-electron chi connectivity index (χ4n) is 7.14. The van der Waals surface area contributed by atoms with Crippen molar-refractivity contribution in [2.24, 2.45) is 0 Å². The third-order valence-electron chi connectivity index (χ3n) is 11.0. The molecule has 0 aromatic carbocycles. The van der Waals surface area contributed by atoms with Gasteiger partial charge in [-0.15, -0.1) is 0 Å². The first-order chi connectivity index (χ1) is 27.5. The Morgan fingerprint density at radius 2 is 0.750 bits per heavy atom. The highest BCUT2D eigenvalue weighted by Gasteiger charge is 2.28. The van der Waals surface area contributed by atoms with Gasteiger partial charge < -0.3 is 25.7 Å². The van der Waals surface area contributed by atoms with Crippen LogP contribution in [-0.4, -0.2) is 57.3 Å². The Labute approximate surface area is 347 Å². The van der Waals surface area contributed by atoms with Crippen molar-refractivity contribution in [3.8, 4) is 0 Å². The third kappa shape index (κ3) is 37.8. The summed E-state index contributed by atoms with van der Waals surface area (Å²) in [6.45, 7) is 4.03. The first-order valence-electron chi connectivity index (χ1n) is 24.0. The van der Waals surface area contributed by atoms with Gasteiger partial charge in [0.05, 0.1) is 18.8 Å². The van der Waals surface area contributed by atoms with Crippen molar-refractivity contribution >= 4 is 5.91 Å². The second-order valence-electron chi connectivity index (χ2n) is 16.4. The van der Waals surface area contributed by atoms with Crippen LogP contribution in [0, 0.1) is 0 Å². The molecule has 0 bridgehead atoms. The van der Waals surface area contributed by atoms with Crippen LogP contribution < -0.4 is 5.32 Å². The van der Waals surface area contributed by atoms with Gasteiger partial charge >= 0.3 is 0 Å². The van der Waals surface area contributed by atoms with Gasteiger partial charge in [0.15, 0.2) is 0 Å². The average Bonchev–Trinajstić information content (AvgIpc) is 3.20. The van der Waals surface area contributed by atoms with E-state index in [4.69, 9.17) is 0 Å². The van der Waals surface area contributed by atoms with E-state index in [0.717, 1.165) is 64.2 Å². The Balaban J connectivity index is 3.81. The minimum absolute atomic E-state index is 0.350. The van der Waals surface area contributed by atoms with E-state index >= 15 is 0 Å². The Morgan fingerprint density at radius 1 is 0.429 bits per heavy atom. The van der Waals surface area contributed by atoms with Crippen LogP contribution in [0.25, 0.3) is 0 Å². The molecule has 0 heterocycles. The monoisotopic (exact) mass is 788 g/mol. The van der Waals surface area contributed by atoms with Crippen LogP contribution in [0.3, 0.4) is 0 Å². The van der Waals surface area contributed by atoms with Crippen molar-refractivity contribution in [2.45, 2.75) is 257 Å². The van der Waals surface area contributed by atoms with Crippen LogP contribution in [0.4, 0.5) is 0 Å². The first-order valence-corrected chi connectivity index (χ1v) is 24.0. The summed E-state index contributed by atoms with van der Waals surface area (Å²) in [4.78, 5) is 12.5. The molecule has 6 nitrogen and oxygen atoms in total. The van der Waals surface area contributed by atoms with E-state index < -0.39 is 36.9 Å². The van der Waals surface area contributed by atoms with Crippen LogP contribution in [0.2, 0.25) is 0 Å². The molecule has 0 aromatic heterocycles. The van der Waals surface area contributed by atoms with Gasteiger partial charge in [0, 0.05) is 0 Å². The normalized spacial score (nSPS) is 14.5. The largest absolute Gasteiger partial charge is 0.394 e. The minimum atomic E-state index is -1.30. The molecular formula is C50H93NO5. The van der Waals surface area contributed by atoms with E-state index in [9.17, 15) is 25.2 Å². The molecule has 5 N–H and O–H groups in total. The molecule has 0 aliphatic heterocycles. The summed E-state index contributed by atoms with van der Waals surface area (Å²) < 4.78 is 0. The van der Waals surface area contributed by atoms with Gasteiger partial charge in [-0.05, 0) is 89.9 Å². The number of aliphatic hydroxyl groups is 4. The summed E-state index contributed by atoms with van der Waals surface area (Å²) in [6.07, 6.45) is 54.3. The molecule has 0 fully saturated rings. The summed E-state index contributed by atoms with van der Waals surface area (Å²) in [5, 5.41) is 43.7. The summed E-state index contributed by atoms with van der Waals surface area (Å²) in [5.41, 5.74) is 0. The van der Waals surface area contributed by atoms with E-state index in [-0.39, 0.29) is 0 Å². The highest BCUT2D eigenvalue weighted by molar-refractivity contribution is 5.80. The van der Waals surface area contributed by atoms with Crippen molar-refractivity contribution < 1.29 is 25.2 Å². The number of allylic oxidation sites excluding steroid dienone is 8. The van der Waals surface area contributed by atoms with Crippen LogP contribution in [0.5, 0.6) is 0 Å². The Hall–Kier alpha value is -1.73. The number of aliphatic hydroxyl groups excluding tert-OH is 4. The summed E-state index contributed by atoms with van der Waals surface area (Å²) >= 11 is 0. The summed E-state index contributed by atoms with van der Waals surface area (Å²) in [7, 11) is 0. The van der Waals surface area contributed by atoms with Crippen molar-refractivity contribution in [2.75, 3.05) is 6.61 Å². The first kappa shape index (κ1) is 54.3. The number of carbonyl (C=O) groups is 1. The Morgan fingerprint density at radius 3 is 1.12 bits per heavy atom. The van der Waals surface area contributed by atoms with Crippen LogP contribution in [-0.2, 0) is 4.79 Å². The molecule has 0 radical (unpaired) electrons. The molecule has 1 amide bonds. The lowest BCUT2D eigenvalue weighted by Gasteiger charge is -2.27. The zero-order chi connectivity index (χ0) is 41.0. The maximum Gasteiger partial charge on any atom is 0.249 e. The fraction of sp³-hybridized carbons (Fsp3) is 0.820. The molecule has 0 rings (SSSR count). The number of amides is 1. The molecule has 0 aromatic rings. The highest BCUT2D eigenvalue weighted by Crippen LogP contribution is 2.15. The third-order valence-corrected chi connectivity index (χ3v) is 11.0. The predicted molar refractivity (Wildman–Crippen MR) is 242 cm³/mol. The molecule has 6 heteroatoms. The minimum Gasteiger partial charge on any atom is -0.394 e. The smallest absolute Gasteiger partial charge is 0.249 e. The molecule has 56 heavy (non-hydrogen) atoms. The highest BCUT2D eigenvalue weighted by atomic mass is 16.3. The lowest BCUT2D eigenvalue weighted by atomic mass is 10.00. The van der Waals surface area contributed by atoms with Crippen molar-refractivity contribution in [1.82, 2.24) is 5.32 Å². The number of nitrogens with one attached hydrogen (secondary N) is 1. The van der Waals surface area contributed by atoms with E-state index in [1.54, 1.807) is 0 Å². The van der Waals surface area contributed by atoms with Gasteiger partial charge in [0.25, 0.3) is 0 Å². The van der Waals surface area contributed by atoms with Gasteiger partial charge in [0.2, 0.25) is 5.91 Å². The van der Waals surface area contributed by atoms with Gasteiger partial charge in [-0.2, -0.15) is 0 Å². The fourth-order valence-corrected chi connectivity index (χ4v) is 7.14. The molecule has 4 unspecified atom stereocenters. The number of rotatable bonds is 43. The standard InChI is InChI=1S/C50H93NO5/c1-3-5-7-9-11-13-15-17-19-21-23-24-26-27-29-31-33-35-37-39-41-43-47(53)49(55)46(45-52)51-50(56)48(54)44-42-40-38-36-34-32-30-28-25-22-20-18-16-14-12-10-8-6-4-2/h21,23,25,27-29,35,37,46-49,52-55H,3-20,22,24,26,30-34,36,38-45H2,1-2H3,(H,51,56)/b23-21+,28-25-,29-27+,37-35+. The van der Waals surface area contributed by atoms with Crippen LogP contribution >= 0.6 is 0 Å². The van der Waals surface area contributed by atoms with E-state index in [0.29, 0.717) is 19.3 Å². The van der Waals surface area contributed by atoms with Crippen LogP contribution in [0.1, 0.15) is 232 Å². The Kier molecular flexibility index (Phi) is 43.0. The van der Waals surface area contributed by atoms with Crippen molar-refractivity contribution in [1.29, 1.82) is 0 Å². The lowest BCUT2D eigenvalue weighted by molar-refractivity contribution is -0.132. The molecule has 0 aliphatic rings. The number of hydrogen-bond acceptors (Lipinski definition) is 5. The van der Waals surface area contributed by atoms with E-state index in [1.165, 1.54) is 135 Å². The van der Waals surface area contributed by atoms with Crippen molar-refractivity contribution in [3.63, 3.8) is 0 Å². The van der Waals surface area contributed by atoms with Gasteiger partial charge in [-0.1, -0.05) is 191 Å². The van der Waals surface area contributed by atoms with E-state index in [2.05, 4.69) is 67.8 Å². The number of unbranched alkanes of at least 4 members (excludes halogenated alkanes) is 26. The second-order valence-corrected chi connectivity index (χ2v) is 16.4. The maximum absolute atomic E-state index is 12.5. The molecule has 0 saturated carbocycles. The number of hydrogen-bond donors (Lipinski definition) is 5. The molecule has 0 saturated heterocycles. The zero-order valence-corrected chi connectivity index (χ0v) is 36.9. The van der Waals surface area contributed by atoms with Crippen molar-refractivity contribution in [3.05, 3.63) is 48.6 Å². The average molecular weight is 788 g/mol. The Bertz CT molecular complexity index is 930. The maximum atomic E-state index is 12.5. The van der Waals surface area contributed by atoms with E-state index in [1.807, 2.05) is 0 Å². The SMILES string of the molecule is CCCCCCCCCC/C=C/CC/C=C/CC/C=C/CCCC(O)C(O)C(CO)NC(=O)C(O)CCCCCCCC/C=C\CCCCCCCCCCC.